The second kappa shape index (κ2) is 7.55. The fraction of sp³-hybridized carbons (Fsp3) is 0.158. The number of amides is 1. The first-order chi connectivity index (χ1) is 13.3. The maximum absolute atomic E-state index is 13.6. The molecule has 1 atom stereocenters. The summed E-state index contributed by atoms with van der Waals surface area (Å²) in [5, 5.41) is 6.62. The number of fused-ring (bicyclic) bond motifs is 1. The Bertz CT molecular complexity index is 1140. The number of aryl methyl sites for hydroxylation is 1. The Morgan fingerprint density at radius 1 is 1.14 bits per heavy atom. The molecule has 0 radical (unpaired) electrons. The molecule has 3 rings (SSSR count). The van der Waals surface area contributed by atoms with Crippen molar-refractivity contribution in [2.24, 2.45) is 7.05 Å². The highest BCUT2D eigenvalue weighted by Gasteiger charge is 2.23. The zero-order chi connectivity index (χ0) is 20.4. The topological polar surface area (TPSA) is 90.3 Å². The van der Waals surface area contributed by atoms with Gasteiger partial charge < -0.3 is 10.1 Å². The summed E-state index contributed by atoms with van der Waals surface area (Å²) in [4.78, 5) is 36.8. The summed E-state index contributed by atoms with van der Waals surface area (Å²) >= 11 is 0. The summed E-state index contributed by atoms with van der Waals surface area (Å²) in [6.45, 7) is 1.27. The highest BCUT2D eigenvalue weighted by molar-refractivity contribution is 6.03. The van der Waals surface area contributed by atoms with Gasteiger partial charge >= 0.3 is 5.97 Å². The van der Waals surface area contributed by atoms with Gasteiger partial charge in [-0.2, -0.15) is 5.10 Å². The molecule has 3 aromatic rings. The van der Waals surface area contributed by atoms with Gasteiger partial charge in [0.1, 0.15) is 11.6 Å². The predicted octanol–water partition coefficient (Wildman–Crippen LogP) is 2.40. The van der Waals surface area contributed by atoms with E-state index < -0.39 is 29.6 Å². The van der Waals surface area contributed by atoms with Crippen molar-refractivity contribution in [1.29, 1.82) is 0 Å². The molecule has 0 bridgehead atoms. The lowest BCUT2D eigenvalue weighted by Gasteiger charge is -2.14. The van der Waals surface area contributed by atoms with Crippen LogP contribution in [0.4, 0.5) is 14.5 Å². The Kier molecular flexibility index (Phi) is 5.16. The summed E-state index contributed by atoms with van der Waals surface area (Å²) in [5.74, 6) is -3.36. The molecule has 0 aliphatic heterocycles. The number of hydrogen-bond donors (Lipinski definition) is 1. The van der Waals surface area contributed by atoms with Crippen LogP contribution in [0.25, 0.3) is 10.8 Å². The van der Waals surface area contributed by atoms with Crippen molar-refractivity contribution in [3.05, 3.63) is 70.1 Å². The van der Waals surface area contributed by atoms with Crippen molar-refractivity contribution in [2.75, 3.05) is 5.32 Å². The standard InChI is InChI=1S/C19H15F2N3O4/c1-10(17(25)22-15-9-11(20)7-8-14(15)21)28-19(27)16-12-5-3-4-6-13(12)18(26)24(2)23-16/h3-10H,1-2H3,(H,22,25)/t10-/m1/s1. The molecule has 9 heteroatoms. The smallest absolute Gasteiger partial charge is 0.360 e. The second-order valence-corrected chi connectivity index (χ2v) is 5.98. The molecule has 0 fully saturated rings. The van der Waals surface area contributed by atoms with E-state index in [2.05, 4.69) is 10.4 Å². The molecule has 0 spiro atoms. The molecule has 28 heavy (non-hydrogen) atoms. The average Bonchev–Trinajstić information content (AvgIpc) is 2.67. The molecule has 0 saturated carbocycles. The third-order valence-corrected chi connectivity index (χ3v) is 3.99. The molecule has 1 N–H and O–H groups in total. The summed E-state index contributed by atoms with van der Waals surface area (Å²) in [6, 6.07) is 8.93. The average molecular weight is 387 g/mol. The lowest BCUT2D eigenvalue weighted by atomic mass is 10.1. The first-order valence-corrected chi connectivity index (χ1v) is 8.21. The molecule has 0 aliphatic carbocycles. The number of nitrogens with one attached hydrogen (secondary N) is 1. The van der Waals surface area contributed by atoms with Crippen LogP contribution in [0.5, 0.6) is 0 Å². The van der Waals surface area contributed by atoms with E-state index in [4.69, 9.17) is 4.74 Å². The van der Waals surface area contributed by atoms with Gasteiger partial charge in [-0.25, -0.2) is 18.3 Å². The fourth-order valence-corrected chi connectivity index (χ4v) is 2.55. The van der Waals surface area contributed by atoms with Gasteiger partial charge in [-0.1, -0.05) is 18.2 Å². The van der Waals surface area contributed by atoms with Crippen molar-refractivity contribution in [1.82, 2.24) is 9.78 Å². The largest absolute Gasteiger partial charge is 0.448 e. The summed E-state index contributed by atoms with van der Waals surface area (Å²) in [7, 11) is 1.38. The van der Waals surface area contributed by atoms with Gasteiger partial charge in [0.2, 0.25) is 0 Å². The number of nitrogens with zero attached hydrogens (tertiary/aromatic N) is 2. The minimum Gasteiger partial charge on any atom is -0.448 e. The number of aromatic nitrogens is 2. The third kappa shape index (κ3) is 3.73. The Hall–Kier alpha value is -3.62. The number of ether oxygens (including phenoxy) is 1. The van der Waals surface area contributed by atoms with Gasteiger partial charge in [0, 0.05) is 18.5 Å². The zero-order valence-corrected chi connectivity index (χ0v) is 14.9. The van der Waals surface area contributed by atoms with Gasteiger partial charge in [-0.15, -0.1) is 0 Å². The number of rotatable bonds is 4. The van der Waals surface area contributed by atoms with Crippen LogP contribution in [-0.4, -0.2) is 27.8 Å². The van der Waals surface area contributed by atoms with Crippen molar-refractivity contribution < 1.29 is 23.1 Å². The number of esters is 1. The van der Waals surface area contributed by atoms with Gasteiger partial charge in [-0.05, 0) is 25.1 Å². The first-order valence-electron chi connectivity index (χ1n) is 8.21. The summed E-state index contributed by atoms with van der Waals surface area (Å²) < 4.78 is 32.9. The lowest BCUT2D eigenvalue weighted by molar-refractivity contribution is -0.123. The SMILES string of the molecule is C[C@@H](OC(=O)c1nn(C)c(=O)c2ccccc12)C(=O)Nc1cc(F)ccc1F. The van der Waals surface area contributed by atoms with Gasteiger partial charge in [0.05, 0.1) is 11.1 Å². The maximum Gasteiger partial charge on any atom is 0.360 e. The maximum atomic E-state index is 13.6. The Morgan fingerprint density at radius 3 is 2.54 bits per heavy atom. The lowest BCUT2D eigenvalue weighted by Crippen LogP contribution is -2.31. The van der Waals surface area contributed by atoms with Crippen LogP contribution in [0.15, 0.2) is 47.3 Å². The molecular weight excluding hydrogens is 372 g/mol. The van der Waals surface area contributed by atoms with E-state index >= 15 is 0 Å². The van der Waals surface area contributed by atoms with E-state index in [-0.39, 0.29) is 27.7 Å². The molecule has 0 unspecified atom stereocenters. The molecule has 1 aromatic heterocycles. The Labute approximate surface area is 157 Å². The first kappa shape index (κ1) is 19.2. The van der Waals surface area contributed by atoms with E-state index in [1.54, 1.807) is 18.2 Å². The molecule has 144 valence electrons. The number of benzene rings is 2. The Balaban J connectivity index is 1.82. The molecule has 0 saturated heterocycles. The van der Waals surface area contributed by atoms with E-state index in [1.807, 2.05) is 0 Å². The molecule has 7 nitrogen and oxygen atoms in total. The van der Waals surface area contributed by atoms with Crippen molar-refractivity contribution in [3.63, 3.8) is 0 Å². The zero-order valence-electron chi connectivity index (χ0n) is 14.9. The van der Waals surface area contributed by atoms with Crippen LogP contribution in [0.2, 0.25) is 0 Å². The molecule has 0 aliphatic rings. The molecular formula is C19H15F2N3O4. The van der Waals surface area contributed by atoms with E-state index in [0.29, 0.717) is 0 Å². The van der Waals surface area contributed by atoms with Gasteiger partial charge in [0.25, 0.3) is 11.5 Å². The highest BCUT2D eigenvalue weighted by Crippen LogP contribution is 2.17. The number of halogens is 2. The Morgan fingerprint density at radius 2 is 1.82 bits per heavy atom. The van der Waals surface area contributed by atoms with E-state index in [0.717, 1.165) is 22.9 Å². The minimum absolute atomic E-state index is 0.144. The monoisotopic (exact) mass is 387 g/mol. The normalized spacial score (nSPS) is 11.9. The summed E-state index contributed by atoms with van der Waals surface area (Å²) in [6.07, 6.45) is -1.33. The van der Waals surface area contributed by atoms with E-state index in [9.17, 15) is 23.2 Å². The van der Waals surface area contributed by atoms with Crippen molar-refractivity contribution in [2.45, 2.75) is 13.0 Å². The number of carbonyl (C=O) groups is 2. The van der Waals surface area contributed by atoms with Crippen molar-refractivity contribution in [3.8, 4) is 0 Å². The van der Waals surface area contributed by atoms with Crippen LogP contribution in [0, 0.1) is 11.6 Å². The number of anilines is 1. The van der Waals surface area contributed by atoms with Gasteiger partial charge in [0.15, 0.2) is 11.8 Å². The van der Waals surface area contributed by atoms with Crippen LogP contribution < -0.4 is 10.9 Å². The van der Waals surface area contributed by atoms with Crippen molar-refractivity contribution >= 4 is 28.3 Å². The second-order valence-electron chi connectivity index (χ2n) is 5.98. The van der Waals surface area contributed by atoms with Crippen LogP contribution in [0.3, 0.4) is 0 Å². The fourth-order valence-electron chi connectivity index (χ4n) is 2.55. The molecule has 2 aromatic carbocycles. The third-order valence-electron chi connectivity index (χ3n) is 3.99. The highest BCUT2D eigenvalue weighted by atomic mass is 19.1. The van der Waals surface area contributed by atoms with Crippen LogP contribution >= 0.6 is 0 Å². The quantitative estimate of drug-likeness (QED) is 0.695. The van der Waals surface area contributed by atoms with Gasteiger partial charge in [-0.3, -0.25) is 9.59 Å². The predicted molar refractivity (Wildman–Crippen MR) is 96.8 cm³/mol. The molecule has 1 heterocycles. The van der Waals surface area contributed by atoms with E-state index in [1.165, 1.54) is 20.0 Å². The number of carbonyl (C=O) groups excluding carboxylic acids is 2. The van der Waals surface area contributed by atoms with Crippen LogP contribution in [-0.2, 0) is 16.6 Å². The minimum atomic E-state index is -1.33. The molecule has 1 amide bonds. The summed E-state index contributed by atoms with van der Waals surface area (Å²) in [5.41, 5.74) is -0.910. The van der Waals surface area contributed by atoms with Crippen LogP contribution in [0.1, 0.15) is 17.4 Å². The number of hydrogen-bond acceptors (Lipinski definition) is 5.